The lowest BCUT2D eigenvalue weighted by atomic mass is 10.1. The number of morpholine rings is 1. The van der Waals surface area contributed by atoms with E-state index >= 15 is 0 Å². The van der Waals surface area contributed by atoms with Crippen LogP contribution in [-0.4, -0.2) is 34.6 Å². The SMILES string of the molecule is Nc1ccnc(CN2CCO[C@H](c3ccc(F)cc3Cl)C2)n1. The molecule has 2 N–H and O–H groups in total. The van der Waals surface area contributed by atoms with Gasteiger partial charge in [-0.2, -0.15) is 0 Å². The monoisotopic (exact) mass is 322 g/mol. The van der Waals surface area contributed by atoms with E-state index in [9.17, 15) is 4.39 Å². The molecule has 1 aromatic carbocycles. The zero-order valence-corrected chi connectivity index (χ0v) is 12.6. The molecule has 1 aliphatic heterocycles. The van der Waals surface area contributed by atoms with E-state index in [4.69, 9.17) is 22.1 Å². The third-order valence-electron chi connectivity index (χ3n) is 3.55. The second kappa shape index (κ2) is 6.56. The van der Waals surface area contributed by atoms with Gasteiger partial charge in [-0.25, -0.2) is 14.4 Å². The molecule has 0 aliphatic carbocycles. The average Bonchev–Trinajstić information content (AvgIpc) is 2.47. The molecule has 5 nitrogen and oxygen atoms in total. The lowest BCUT2D eigenvalue weighted by molar-refractivity contribution is -0.0336. The summed E-state index contributed by atoms with van der Waals surface area (Å²) in [5.41, 5.74) is 6.46. The third kappa shape index (κ3) is 3.52. The molecular formula is C15H16ClFN4O. The summed E-state index contributed by atoms with van der Waals surface area (Å²) >= 11 is 6.11. The molecule has 1 fully saturated rings. The Kier molecular flexibility index (Phi) is 4.52. The van der Waals surface area contributed by atoms with E-state index < -0.39 is 0 Å². The minimum atomic E-state index is -0.352. The first-order valence-electron chi connectivity index (χ1n) is 6.98. The van der Waals surface area contributed by atoms with Gasteiger partial charge in [0.25, 0.3) is 0 Å². The Hall–Kier alpha value is -1.76. The van der Waals surface area contributed by atoms with Crippen LogP contribution in [0.5, 0.6) is 0 Å². The molecule has 7 heteroatoms. The summed E-state index contributed by atoms with van der Waals surface area (Å²) in [6, 6.07) is 6.03. The van der Waals surface area contributed by atoms with Crippen molar-refractivity contribution in [2.24, 2.45) is 0 Å². The summed E-state index contributed by atoms with van der Waals surface area (Å²) < 4.78 is 18.9. The van der Waals surface area contributed by atoms with Gasteiger partial charge in [-0.15, -0.1) is 0 Å². The highest BCUT2D eigenvalue weighted by Crippen LogP contribution is 2.29. The minimum Gasteiger partial charge on any atom is -0.384 e. The molecule has 0 spiro atoms. The number of benzene rings is 1. The maximum Gasteiger partial charge on any atom is 0.144 e. The summed E-state index contributed by atoms with van der Waals surface area (Å²) in [6.07, 6.45) is 1.45. The number of nitrogens with zero attached hydrogens (tertiary/aromatic N) is 3. The van der Waals surface area contributed by atoms with Crippen LogP contribution in [0.3, 0.4) is 0 Å². The van der Waals surface area contributed by atoms with E-state index in [1.54, 1.807) is 18.3 Å². The Morgan fingerprint density at radius 1 is 1.41 bits per heavy atom. The number of hydrogen-bond acceptors (Lipinski definition) is 5. The molecule has 0 radical (unpaired) electrons. The van der Waals surface area contributed by atoms with Crippen molar-refractivity contribution < 1.29 is 9.13 Å². The molecule has 1 atom stereocenters. The van der Waals surface area contributed by atoms with Gasteiger partial charge in [-0.1, -0.05) is 17.7 Å². The lowest BCUT2D eigenvalue weighted by Crippen LogP contribution is -2.38. The molecule has 116 valence electrons. The second-order valence-corrected chi connectivity index (χ2v) is 5.57. The normalized spacial score (nSPS) is 19.3. The standard InChI is InChI=1S/C15H16ClFN4O/c16-12-7-10(17)1-2-11(12)13-8-21(5-6-22-13)9-15-19-4-3-14(18)20-15/h1-4,7,13H,5-6,8-9H2,(H2,18,19,20)/t13-/m0/s1. The molecule has 3 rings (SSSR count). The topological polar surface area (TPSA) is 64.3 Å². The molecule has 2 aromatic rings. The summed E-state index contributed by atoms with van der Waals surface area (Å²) in [6.45, 7) is 2.57. The predicted molar refractivity (Wildman–Crippen MR) is 81.8 cm³/mol. The zero-order chi connectivity index (χ0) is 15.5. The van der Waals surface area contributed by atoms with Gasteiger partial charge in [0, 0.05) is 29.9 Å². The van der Waals surface area contributed by atoms with Gasteiger partial charge in [0.05, 0.1) is 19.3 Å². The summed E-state index contributed by atoms with van der Waals surface area (Å²) in [5.74, 6) is 0.775. The van der Waals surface area contributed by atoms with Crippen molar-refractivity contribution >= 4 is 17.4 Å². The Bertz CT molecular complexity index is 670. The fourth-order valence-corrected chi connectivity index (χ4v) is 2.78. The smallest absolute Gasteiger partial charge is 0.144 e. The lowest BCUT2D eigenvalue weighted by Gasteiger charge is -2.33. The van der Waals surface area contributed by atoms with Crippen LogP contribution >= 0.6 is 11.6 Å². The van der Waals surface area contributed by atoms with Crippen molar-refractivity contribution in [1.82, 2.24) is 14.9 Å². The van der Waals surface area contributed by atoms with E-state index in [1.165, 1.54) is 12.1 Å². The van der Waals surface area contributed by atoms with Crippen molar-refractivity contribution in [1.29, 1.82) is 0 Å². The summed E-state index contributed by atoms with van der Waals surface area (Å²) in [7, 11) is 0. The van der Waals surface area contributed by atoms with E-state index in [1.807, 2.05) is 0 Å². The number of ether oxygens (including phenoxy) is 1. The van der Waals surface area contributed by atoms with E-state index in [0.717, 1.165) is 12.1 Å². The van der Waals surface area contributed by atoms with Gasteiger partial charge in [0.1, 0.15) is 17.5 Å². The Balaban J connectivity index is 1.71. The molecule has 1 aromatic heterocycles. The molecule has 0 amide bonds. The van der Waals surface area contributed by atoms with Gasteiger partial charge in [0.15, 0.2) is 0 Å². The number of halogens is 2. The fourth-order valence-electron chi connectivity index (χ4n) is 2.49. The largest absolute Gasteiger partial charge is 0.384 e. The van der Waals surface area contributed by atoms with Gasteiger partial charge < -0.3 is 10.5 Å². The van der Waals surface area contributed by atoms with Crippen molar-refractivity contribution in [2.45, 2.75) is 12.6 Å². The Morgan fingerprint density at radius 3 is 3.05 bits per heavy atom. The van der Waals surface area contributed by atoms with Crippen LogP contribution in [0.4, 0.5) is 10.2 Å². The van der Waals surface area contributed by atoms with Gasteiger partial charge in [-0.05, 0) is 18.2 Å². The van der Waals surface area contributed by atoms with E-state index in [2.05, 4.69) is 14.9 Å². The van der Waals surface area contributed by atoms with Gasteiger partial charge in [-0.3, -0.25) is 4.90 Å². The maximum absolute atomic E-state index is 13.2. The minimum absolute atomic E-state index is 0.192. The van der Waals surface area contributed by atoms with Crippen LogP contribution in [0.15, 0.2) is 30.5 Å². The number of rotatable bonds is 3. The Morgan fingerprint density at radius 2 is 2.27 bits per heavy atom. The van der Waals surface area contributed by atoms with Crippen LogP contribution in [0, 0.1) is 5.82 Å². The molecule has 0 bridgehead atoms. The molecular weight excluding hydrogens is 307 g/mol. The number of nitrogen functional groups attached to an aromatic ring is 1. The first-order valence-corrected chi connectivity index (χ1v) is 7.36. The molecule has 2 heterocycles. The molecule has 1 aliphatic rings. The number of nitrogens with two attached hydrogens (primary N) is 1. The highest BCUT2D eigenvalue weighted by Gasteiger charge is 2.24. The first-order chi connectivity index (χ1) is 10.6. The predicted octanol–water partition coefficient (Wildman–Crippen LogP) is 2.42. The van der Waals surface area contributed by atoms with Crippen molar-refractivity contribution in [3.05, 3.63) is 52.7 Å². The van der Waals surface area contributed by atoms with Crippen LogP contribution in [0.25, 0.3) is 0 Å². The Labute approximate surface area is 132 Å². The van der Waals surface area contributed by atoms with Crippen LogP contribution in [0.2, 0.25) is 5.02 Å². The highest BCUT2D eigenvalue weighted by atomic mass is 35.5. The molecule has 22 heavy (non-hydrogen) atoms. The number of anilines is 1. The zero-order valence-electron chi connectivity index (χ0n) is 11.9. The summed E-state index contributed by atoms with van der Waals surface area (Å²) in [5, 5.41) is 0.382. The first kappa shape index (κ1) is 15.1. The van der Waals surface area contributed by atoms with E-state index in [-0.39, 0.29) is 11.9 Å². The van der Waals surface area contributed by atoms with Crippen LogP contribution in [0.1, 0.15) is 17.5 Å². The number of hydrogen-bond donors (Lipinski definition) is 1. The molecule has 1 saturated heterocycles. The molecule has 0 unspecified atom stereocenters. The number of aromatic nitrogens is 2. The fraction of sp³-hybridized carbons (Fsp3) is 0.333. The van der Waals surface area contributed by atoms with Crippen molar-refractivity contribution in [2.75, 3.05) is 25.4 Å². The van der Waals surface area contributed by atoms with Crippen molar-refractivity contribution in [3.8, 4) is 0 Å². The summed E-state index contributed by atoms with van der Waals surface area (Å²) in [4.78, 5) is 10.6. The van der Waals surface area contributed by atoms with Crippen LogP contribution in [-0.2, 0) is 11.3 Å². The van der Waals surface area contributed by atoms with E-state index in [0.29, 0.717) is 36.4 Å². The third-order valence-corrected chi connectivity index (χ3v) is 3.88. The van der Waals surface area contributed by atoms with Gasteiger partial charge >= 0.3 is 0 Å². The maximum atomic E-state index is 13.2. The van der Waals surface area contributed by atoms with Crippen LogP contribution < -0.4 is 5.73 Å². The average molecular weight is 323 g/mol. The highest BCUT2D eigenvalue weighted by molar-refractivity contribution is 6.31. The van der Waals surface area contributed by atoms with Gasteiger partial charge in [0.2, 0.25) is 0 Å². The molecule has 0 saturated carbocycles. The quantitative estimate of drug-likeness (QED) is 0.940. The van der Waals surface area contributed by atoms with Crippen molar-refractivity contribution in [3.63, 3.8) is 0 Å². The second-order valence-electron chi connectivity index (χ2n) is 5.16.